The molecule has 0 saturated heterocycles. The van der Waals surface area contributed by atoms with E-state index in [0.717, 1.165) is 5.76 Å². The standard InChI is InChI=1S/C13H15NO4/c1-3-8-14-12(15)9-17-13(16)7-6-11-5-4-10(2)18-11/h3-7H,1,8-9H2,2H3,(H,14,15)/b7-6+. The summed E-state index contributed by atoms with van der Waals surface area (Å²) in [6.45, 7) is 5.29. The zero-order valence-electron chi connectivity index (χ0n) is 10.1. The predicted octanol–water partition coefficient (Wildman–Crippen LogP) is 1.45. The molecule has 0 unspecified atom stereocenters. The smallest absolute Gasteiger partial charge is 0.331 e. The summed E-state index contributed by atoms with van der Waals surface area (Å²) in [7, 11) is 0. The Hall–Kier alpha value is -2.30. The number of carbonyl (C=O) groups excluding carboxylic acids is 2. The summed E-state index contributed by atoms with van der Waals surface area (Å²) in [5, 5.41) is 2.49. The molecule has 0 aromatic carbocycles. The van der Waals surface area contributed by atoms with Crippen LogP contribution in [0.3, 0.4) is 0 Å². The highest BCUT2D eigenvalue weighted by atomic mass is 16.5. The van der Waals surface area contributed by atoms with Gasteiger partial charge in [-0.1, -0.05) is 6.08 Å². The lowest BCUT2D eigenvalue weighted by atomic mass is 10.4. The van der Waals surface area contributed by atoms with Crippen molar-refractivity contribution >= 4 is 18.0 Å². The number of ether oxygens (including phenoxy) is 1. The Balaban J connectivity index is 2.31. The predicted molar refractivity (Wildman–Crippen MR) is 66.6 cm³/mol. The van der Waals surface area contributed by atoms with E-state index in [1.165, 1.54) is 12.2 Å². The number of aryl methyl sites for hydroxylation is 1. The summed E-state index contributed by atoms with van der Waals surface area (Å²) < 4.78 is 9.94. The van der Waals surface area contributed by atoms with Gasteiger partial charge in [0.1, 0.15) is 11.5 Å². The van der Waals surface area contributed by atoms with Crippen LogP contribution in [-0.2, 0) is 14.3 Å². The fourth-order valence-corrected chi connectivity index (χ4v) is 1.11. The third-order valence-corrected chi connectivity index (χ3v) is 1.93. The zero-order chi connectivity index (χ0) is 13.4. The maximum absolute atomic E-state index is 11.3. The summed E-state index contributed by atoms with van der Waals surface area (Å²) in [4.78, 5) is 22.4. The lowest BCUT2D eigenvalue weighted by Gasteiger charge is -2.01. The first kappa shape index (κ1) is 13.8. The number of hydrogen-bond donors (Lipinski definition) is 1. The van der Waals surface area contributed by atoms with Crippen molar-refractivity contribution in [1.29, 1.82) is 0 Å². The fourth-order valence-electron chi connectivity index (χ4n) is 1.11. The van der Waals surface area contributed by atoms with Crippen LogP contribution in [0.25, 0.3) is 6.08 Å². The molecule has 1 aromatic heterocycles. The van der Waals surface area contributed by atoms with Gasteiger partial charge in [-0.3, -0.25) is 4.79 Å². The van der Waals surface area contributed by atoms with E-state index in [1.54, 1.807) is 25.1 Å². The van der Waals surface area contributed by atoms with Crippen molar-refractivity contribution in [3.05, 3.63) is 42.4 Å². The molecule has 1 heterocycles. The number of esters is 1. The highest BCUT2D eigenvalue weighted by Gasteiger charge is 2.03. The number of rotatable bonds is 6. The number of amides is 1. The van der Waals surface area contributed by atoms with Crippen molar-refractivity contribution < 1.29 is 18.7 Å². The Kier molecular flexibility index (Phi) is 5.44. The minimum Gasteiger partial charge on any atom is -0.462 e. The van der Waals surface area contributed by atoms with Crippen LogP contribution < -0.4 is 5.32 Å². The van der Waals surface area contributed by atoms with Gasteiger partial charge in [0.2, 0.25) is 0 Å². The van der Waals surface area contributed by atoms with Gasteiger partial charge in [-0.15, -0.1) is 6.58 Å². The molecular weight excluding hydrogens is 234 g/mol. The monoisotopic (exact) mass is 249 g/mol. The molecule has 5 heteroatoms. The molecule has 18 heavy (non-hydrogen) atoms. The topological polar surface area (TPSA) is 68.5 Å². The van der Waals surface area contributed by atoms with E-state index in [1.807, 2.05) is 0 Å². The largest absolute Gasteiger partial charge is 0.462 e. The molecule has 1 N–H and O–H groups in total. The molecule has 96 valence electrons. The molecule has 1 rings (SSSR count). The van der Waals surface area contributed by atoms with Crippen molar-refractivity contribution in [1.82, 2.24) is 5.32 Å². The summed E-state index contributed by atoms with van der Waals surface area (Å²) in [6.07, 6.45) is 4.23. The van der Waals surface area contributed by atoms with Crippen molar-refractivity contribution in [2.24, 2.45) is 0 Å². The fraction of sp³-hybridized carbons (Fsp3) is 0.231. The second-order valence-electron chi connectivity index (χ2n) is 3.48. The van der Waals surface area contributed by atoms with Crippen LogP contribution in [0.1, 0.15) is 11.5 Å². The lowest BCUT2D eigenvalue weighted by Crippen LogP contribution is -2.28. The Morgan fingerprint density at radius 2 is 2.28 bits per heavy atom. The second kappa shape index (κ2) is 7.11. The van der Waals surface area contributed by atoms with Crippen molar-refractivity contribution in [2.75, 3.05) is 13.2 Å². The third-order valence-electron chi connectivity index (χ3n) is 1.93. The minimum atomic E-state index is -0.599. The molecular formula is C13H15NO4. The first-order valence-corrected chi connectivity index (χ1v) is 5.40. The first-order chi connectivity index (χ1) is 8.61. The van der Waals surface area contributed by atoms with Crippen molar-refractivity contribution in [3.63, 3.8) is 0 Å². The lowest BCUT2D eigenvalue weighted by molar-refractivity contribution is -0.143. The van der Waals surface area contributed by atoms with Crippen LogP contribution in [0.5, 0.6) is 0 Å². The molecule has 0 spiro atoms. The van der Waals surface area contributed by atoms with Crippen LogP contribution in [0.4, 0.5) is 0 Å². The van der Waals surface area contributed by atoms with Crippen LogP contribution in [0, 0.1) is 6.92 Å². The quantitative estimate of drug-likeness (QED) is 0.470. The third kappa shape index (κ3) is 5.16. The molecule has 1 amide bonds. The Morgan fingerprint density at radius 3 is 2.89 bits per heavy atom. The van der Waals surface area contributed by atoms with Gasteiger partial charge in [0, 0.05) is 12.6 Å². The molecule has 0 aliphatic carbocycles. The maximum Gasteiger partial charge on any atom is 0.331 e. The molecule has 0 aliphatic heterocycles. The van der Waals surface area contributed by atoms with Gasteiger partial charge >= 0.3 is 5.97 Å². The number of furan rings is 1. The average Bonchev–Trinajstić information content (AvgIpc) is 2.77. The van der Waals surface area contributed by atoms with E-state index >= 15 is 0 Å². The van der Waals surface area contributed by atoms with Gasteiger partial charge in [-0.2, -0.15) is 0 Å². The van der Waals surface area contributed by atoms with E-state index in [4.69, 9.17) is 9.15 Å². The summed E-state index contributed by atoms with van der Waals surface area (Å²) in [5.41, 5.74) is 0. The van der Waals surface area contributed by atoms with Crippen LogP contribution >= 0.6 is 0 Å². The molecule has 5 nitrogen and oxygen atoms in total. The highest BCUT2D eigenvalue weighted by molar-refractivity contribution is 5.88. The summed E-state index contributed by atoms with van der Waals surface area (Å²) >= 11 is 0. The zero-order valence-corrected chi connectivity index (χ0v) is 10.1. The van der Waals surface area contributed by atoms with E-state index in [2.05, 4.69) is 11.9 Å². The molecule has 0 saturated carbocycles. The van der Waals surface area contributed by atoms with E-state index in [0.29, 0.717) is 12.3 Å². The first-order valence-electron chi connectivity index (χ1n) is 5.40. The molecule has 0 bridgehead atoms. The summed E-state index contributed by atoms with van der Waals surface area (Å²) in [6, 6.07) is 3.52. The summed E-state index contributed by atoms with van der Waals surface area (Å²) in [5.74, 6) is 0.343. The molecule has 1 aromatic rings. The number of hydrogen-bond acceptors (Lipinski definition) is 4. The Labute approximate surface area is 105 Å². The second-order valence-corrected chi connectivity index (χ2v) is 3.48. The van der Waals surface area contributed by atoms with Crippen LogP contribution in [0.15, 0.2) is 35.3 Å². The van der Waals surface area contributed by atoms with Gasteiger partial charge in [0.15, 0.2) is 6.61 Å². The average molecular weight is 249 g/mol. The number of nitrogens with one attached hydrogen (secondary N) is 1. The highest BCUT2D eigenvalue weighted by Crippen LogP contribution is 2.07. The normalized spacial score (nSPS) is 10.3. The van der Waals surface area contributed by atoms with Crippen LogP contribution in [-0.4, -0.2) is 25.0 Å². The SMILES string of the molecule is C=CCNC(=O)COC(=O)/C=C/c1ccc(C)o1. The minimum absolute atomic E-state index is 0.311. The molecule has 0 aliphatic rings. The number of carbonyl (C=O) groups is 2. The van der Waals surface area contributed by atoms with E-state index in [-0.39, 0.29) is 12.5 Å². The van der Waals surface area contributed by atoms with Crippen molar-refractivity contribution in [3.8, 4) is 0 Å². The molecule has 0 radical (unpaired) electrons. The van der Waals surface area contributed by atoms with Gasteiger partial charge in [-0.25, -0.2) is 4.79 Å². The van der Waals surface area contributed by atoms with E-state index < -0.39 is 5.97 Å². The maximum atomic E-state index is 11.3. The van der Waals surface area contributed by atoms with Gasteiger partial charge in [0.25, 0.3) is 5.91 Å². The molecule has 0 atom stereocenters. The van der Waals surface area contributed by atoms with E-state index in [9.17, 15) is 9.59 Å². The Morgan fingerprint density at radius 1 is 1.50 bits per heavy atom. The van der Waals surface area contributed by atoms with Gasteiger partial charge < -0.3 is 14.5 Å². The van der Waals surface area contributed by atoms with Gasteiger partial charge in [0.05, 0.1) is 0 Å². The Bertz CT molecular complexity index is 459. The molecule has 0 fully saturated rings. The van der Waals surface area contributed by atoms with Crippen molar-refractivity contribution in [2.45, 2.75) is 6.92 Å². The van der Waals surface area contributed by atoms with Crippen LogP contribution in [0.2, 0.25) is 0 Å². The van der Waals surface area contributed by atoms with Gasteiger partial charge in [-0.05, 0) is 25.1 Å².